The molecule has 5 N–H and O–H groups in total. The minimum Gasteiger partial charge on any atom is -0.404 e. The summed E-state index contributed by atoms with van der Waals surface area (Å²) in [7, 11) is 0. The second-order valence-electron chi connectivity index (χ2n) is 7.61. The van der Waals surface area contributed by atoms with Crippen LogP contribution in [0.3, 0.4) is 0 Å². The number of benzene rings is 2. The van der Waals surface area contributed by atoms with Crippen LogP contribution >= 0.6 is 0 Å². The molecule has 0 aliphatic rings. The number of halogens is 3. The summed E-state index contributed by atoms with van der Waals surface area (Å²) in [5.41, 5.74) is 7.96. The molecule has 0 saturated carbocycles. The SMILES string of the molecule is CC(C)N=C/C(=C\N)c1ccc2[nH]cc(N/C(=C/[N+](=O)[O-])Nc3ccc(C(F)(F)F)cc3)c2c1. The van der Waals surface area contributed by atoms with Crippen LogP contribution in [0.4, 0.5) is 24.5 Å². The molecule has 2 aromatic carbocycles. The zero-order chi connectivity index (χ0) is 24.9. The Labute approximate surface area is 193 Å². The molecule has 8 nitrogen and oxygen atoms in total. The second-order valence-corrected chi connectivity index (χ2v) is 7.61. The lowest BCUT2D eigenvalue weighted by Gasteiger charge is -2.12. The van der Waals surface area contributed by atoms with Gasteiger partial charge in [-0.15, -0.1) is 0 Å². The molecule has 0 radical (unpaired) electrons. The van der Waals surface area contributed by atoms with Gasteiger partial charge in [0.1, 0.15) is 0 Å². The first kappa shape index (κ1) is 24.4. The van der Waals surface area contributed by atoms with Gasteiger partial charge in [0.15, 0.2) is 5.82 Å². The van der Waals surface area contributed by atoms with Crippen molar-refractivity contribution >= 4 is 34.1 Å². The Morgan fingerprint density at radius 2 is 1.88 bits per heavy atom. The highest BCUT2D eigenvalue weighted by Crippen LogP contribution is 2.31. The Hall–Kier alpha value is -4.28. The maximum absolute atomic E-state index is 12.8. The number of fused-ring (bicyclic) bond motifs is 1. The summed E-state index contributed by atoms with van der Waals surface area (Å²) in [6.45, 7) is 3.88. The van der Waals surface area contributed by atoms with Gasteiger partial charge < -0.3 is 21.4 Å². The lowest BCUT2D eigenvalue weighted by atomic mass is 10.1. The summed E-state index contributed by atoms with van der Waals surface area (Å²) in [5, 5.41) is 17.5. The molecule has 34 heavy (non-hydrogen) atoms. The molecule has 0 unspecified atom stereocenters. The third kappa shape index (κ3) is 6.15. The number of anilines is 2. The fourth-order valence-corrected chi connectivity index (χ4v) is 3.09. The molecule has 1 aromatic heterocycles. The van der Waals surface area contributed by atoms with E-state index >= 15 is 0 Å². The van der Waals surface area contributed by atoms with Crippen LogP contribution in [0.1, 0.15) is 25.0 Å². The molecule has 0 fully saturated rings. The Kier molecular flexibility index (Phi) is 7.24. The number of nitrogens with zero attached hydrogens (tertiary/aromatic N) is 2. The van der Waals surface area contributed by atoms with Crippen molar-refractivity contribution in [2.24, 2.45) is 10.7 Å². The number of H-pyrrole nitrogens is 1. The van der Waals surface area contributed by atoms with Crippen LogP contribution in [0.2, 0.25) is 0 Å². The van der Waals surface area contributed by atoms with Gasteiger partial charge >= 0.3 is 6.18 Å². The van der Waals surface area contributed by atoms with Crippen LogP contribution in [0.25, 0.3) is 16.5 Å². The summed E-state index contributed by atoms with van der Waals surface area (Å²) in [6.07, 6.45) is 0.965. The average Bonchev–Trinajstić information content (AvgIpc) is 3.15. The van der Waals surface area contributed by atoms with Crippen LogP contribution in [0.15, 0.2) is 71.9 Å². The number of aromatic amines is 1. The smallest absolute Gasteiger partial charge is 0.404 e. The van der Waals surface area contributed by atoms with Gasteiger partial charge in [0.2, 0.25) is 0 Å². The van der Waals surface area contributed by atoms with Crippen LogP contribution in [0, 0.1) is 10.1 Å². The molecule has 0 aliphatic carbocycles. The number of aliphatic imine (C=N–C) groups is 1. The molecule has 0 atom stereocenters. The highest BCUT2D eigenvalue weighted by Gasteiger charge is 2.30. The summed E-state index contributed by atoms with van der Waals surface area (Å²) in [5.74, 6) is -0.0352. The van der Waals surface area contributed by atoms with Crippen LogP contribution in [-0.4, -0.2) is 22.2 Å². The Morgan fingerprint density at radius 3 is 2.47 bits per heavy atom. The zero-order valence-electron chi connectivity index (χ0n) is 18.4. The van der Waals surface area contributed by atoms with Crippen LogP contribution in [-0.2, 0) is 6.18 Å². The number of nitrogens with two attached hydrogens (primary N) is 1. The first-order valence-corrected chi connectivity index (χ1v) is 10.2. The molecule has 1 heterocycles. The fraction of sp³-hybridized carbons (Fsp3) is 0.174. The van der Waals surface area contributed by atoms with E-state index in [1.54, 1.807) is 12.4 Å². The van der Waals surface area contributed by atoms with Gasteiger partial charge in [0.05, 0.1) is 16.2 Å². The minimum atomic E-state index is -4.48. The first-order valence-electron chi connectivity index (χ1n) is 10.2. The Bertz CT molecular complexity index is 1260. The van der Waals surface area contributed by atoms with Gasteiger partial charge in [0.25, 0.3) is 6.20 Å². The van der Waals surface area contributed by atoms with Crippen LogP contribution in [0.5, 0.6) is 0 Å². The molecular weight excluding hydrogens is 449 g/mol. The van der Waals surface area contributed by atoms with Crippen molar-refractivity contribution in [2.75, 3.05) is 10.6 Å². The van der Waals surface area contributed by atoms with Crippen molar-refractivity contribution in [1.82, 2.24) is 4.98 Å². The minimum absolute atomic E-state index is 0.0352. The number of allylic oxidation sites excluding steroid dienone is 1. The van der Waals surface area contributed by atoms with E-state index < -0.39 is 16.7 Å². The Balaban J connectivity index is 1.90. The highest BCUT2D eigenvalue weighted by atomic mass is 19.4. The molecular formula is C23H23F3N6O2. The van der Waals surface area contributed by atoms with E-state index in [9.17, 15) is 23.3 Å². The molecule has 0 aliphatic heterocycles. The van der Waals surface area contributed by atoms with E-state index in [0.29, 0.717) is 17.5 Å². The molecule has 0 bridgehead atoms. The predicted molar refractivity (Wildman–Crippen MR) is 128 cm³/mol. The van der Waals surface area contributed by atoms with E-state index in [1.165, 1.54) is 18.3 Å². The number of hydrogen-bond donors (Lipinski definition) is 4. The number of rotatable bonds is 8. The van der Waals surface area contributed by atoms with Crippen molar-refractivity contribution in [3.63, 3.8) is 0 Å². The number of nitro groups is 1. The molecule has 178 valence electrons. The van der Waals surface area contributed by atoms with Crippen molar-refractivity contribution in [3.8, 4) is 0 Å². The molecule has 3 rings (SSSR count). The number of hydrogen-bond acceptors (Lipinski definition) is 6. The number of alkyl halides is 3. The largest absolute Gasteiger partial charge is 0.416 e. The van der Waals surface area contributed by atoms with E-state index in [1.807, 2.05) is 32.0 Å². The third-order valence-electron chi connectivity index (χ3n) is 4.70. The predicted octanol–water partition coefficient (Wildman–Crippen LogP) is 5.57. The van der Waals surface area contributed by atoms with Gasteiger partial charge in [-0.3, -0.25) is 15.1 Å². The molecule has 0 saturated heterocycles. The molecule has 3 aromatic rings. The summed E-state index contributed by atoms with van der Waals surface area (Å²) >= 11 is 0. The molecule has 0 amide bonds. The van der Waals surface area contributed by atoms with Crippen molar-refractivity contribution in [1.29, 1.82) is 0 Å². The van der Waals surface area contributed by atoms with Crippen molar-refractivity contribution in [3.05, 3.63) is 88.1 Å². The second kappa shape index (κ2) is 10.1. The number of nitrogens with one attached hydrogen (secondary N) is 3. The van der Waals surface area contributed by atoms with E-state index in [0.717, 1.165) is 28.6 Å². The van der Waals surface area contributed by atoms with Crippen molar-refractivity contribution in [2.45, 2.75) is 26.1 Å². The summed E-state index contributed by atoms with van der Waals surface area (Å²) in [6, 6.07) is 9.81. The number of aromatic nitrogens is 1. The van der Waals surface area contributed by atoms with E-state index in [4.69, 9.17) is 5.73 Å². The zero-order valence-corrected chi connectivity index (χ0v) is 18.4. The van der Waals surface area contributed by atoms with Gasteiger partial charge in [-0.05, 0) is 55.8 Å². The molecule has 0 spiro atoms. The molecule has 11 heteroatoms. The third-order valence-corrected chi connectivity index (χ3v) is 4.70. The lowest BCUT2D eigenvalue weighted by Crippen LogP contribution is -2.12. The topological polar surface area (TPSA) is 121 Å². The normalized spacial score (nSPS) is 13.1. The maximum atomic E-state index is 12.8. The summed E-state index contributed by atoms with van der Waals surface area (Å²) in [4.78, 5) is 17.9. The maximum Gasteiger partial charge on any atom is 0.416 e. The monoisotopic (exact) mass is 472 g/mol. The van der Waals surface area contributed by atoms with Gasteiger partial charge in [-0.2, -0.15) is 13.2 Å². The van der Waals surface area contributed by atoms with Crippen LogP contribution < -0.4 is 16.4 Å². The first-order chi connectivity index (χ1) is 16.1. The summed E-state index contributed by atoms with van der Waals surface area (Å²) < 4.78 is 38.4. The van der Waals surface area contributed by atoms with Gasteiger partial charge in [0, 0.05) is 46.8 Å². The quantitative estimate of drug-likeness (QED) is 0.194. The Morgan fingerprint density at radius 1 is 1.18 bits per heavy atom. The van der Waals surface area contributed by atoms with Gasteiger partial charge in [-0.25, -0.2) is 0 Å². The van der Waals surface area contributed by atoms with E-state index in [-0.39, 0.29) is 17.6 Å². The van der Waals surface area contributed by atoms with E-state index in [2.05, 4.69) is 20.6 Å². The highest BCUT2D eigenvalue weighted by molar-refractivity contribution is 6.11. The fourth-order valence-electron chi connectivity index (χ4n) is 3.09. The van der Waals surface area contributed by atoms with Crippen molar-refractivity contribution < 1.29 is 18.1 Å². The standard InChI is InChI=1S/C23H23F3N6O2/c1-14(2)28-11-16(10-27)15-3-8-20-19(9-15)21(12-29-20)31-22(13-32(33)34)30-18-6-4-17(5-7-18)23(24,25)26/h3-14,29-31H,27H2,1-2H3/b16-10+,22-13+,28-11?. The van der Waals surface area contributed by atoms with Gasteiger partial charge in [-0.1, -0.05) is 6.07 Å². The lowest BCUT2D eigenvalue weighted by molar-refractivity contribution is -0.403. The average molecular weight is 472 g/mol.